The molecular formula is C16H19N3O2. The molecule has 1 aromatic heterocycles. The van der Waals surface area contributed by atoms with Crippen molar-refractivity contribution >= 4 is 5.69 Å². The van der Waals surface area contributed by atoms with Crippen LogP contribution in [0, 0.1) is 0 Å². The van der Waals surface area contributed by atoms with Crippen molar-refractivity contribution in [3.05, 3.63) is 23.9 Å². The number of benzene rings is 1. The minimum absolute atomic E-state index is 0.173. The lowest BCUT2D eigenvalue weighted by Crippen LogP contribution is -2.38. The van der Waals surface area contributed by atoms with E-state index in [0.717, 1.165) is 24.3 Å². The Bertz CT molecular complexity index is 672. The van der Waals surface area contributed by atoms with E-state index in [0.29, 0.717) is 18.3 Å². The highest BCUT2D eigenvalue weighted by molar-refractivity contribution is 5.80. The molecule has 0 saturated carbocycles. The number of ether oxygens (including phenoxy) is 1. The molecule has 0 atom stereocenters. The summed E-state index contributed by atoms with van der Waals surface area (Å²) >= 11 is 0. The van der Waals surface area contributed by atoms with Gasteiger partial charge in [-0.05, 0) is 38.0 Å². The number of hydrogen-bond acceptors (Lipinski definition) is 4. The van der Waals surface area contributed by atoms with Gasteiger partial charge in [-0.15, -0.1) is 0 Å². The molecule has 1 saturated heterocycles. The number of phenols is 1. The molecule has 5 heteroatoms. The maximum absolute atomic E-state index is 9.84. The monoisotopic (exact) mass is 285 g/mol. The molecule has 5 rings (SSSR count). The Morgan fingerprint density at radius 1 is 1.38 bits per heavy atom. The Kier molecular flexibility index (Phi) is 2.80. The van der Waals surface area contributed by atoms with E-state index in [1.165, 1.54) is 24.2 Å². The Morgan fingerprint density at radius 3 is 2.95 bits per heavy atom. The zero-order valence-corrected chi connectivity index (χ0v) is 12.1. The number of piperidine rings is 1. The van der Waals surface area contributed by atoms with Gasteiger partial charge in [-0.2, -0.15) is 5.10 Å². The fourth-order valence-corrected chi connectivity index (χ4v) is 3.48. The Balaban J connectivity index is 1.80. The lowest BCUT2D eigenvalue weighted by atomic mass is 9.86. The molecule has 0 amide bonds. The maximum atomic E-state index is 9.84. The number of nitrogens with zero attached hydrogens (tertiary/aromatic N) is 2. The average Bonchev–Trinajstić information content (AvgIpc) is 2.98. The van der Waals surface area contributed by atoms with Gasteiger partial charge in [0.25, 0.3) is 0 Å². The van der Waals surface area contributed by atoms with Gasteiger partial charge < -0.3 is 14.7 Å². The van der Waals surface area contributed by atoms with Crippen LogP contribution in [0.2, 0.25) is 0 Å². The van der Waals surface area contributed by atoms with Crippen molar-refractivity contribution in [2.24, 2.45) is 0 Å². The van der Waals surface area contributed by atoms with Gasteiger partial charge in [-0.1, -0.05) is 0 Å². The number of aromatic amines is 1. The van der Waals surface area contributed by atoms with Crippen LogP contribution in [0.15, 0.2) is 18.2 Å². The second kappa shape index (κ2) is 4.69. The van der Waals surface area contributed by atoms with E-state index in [-0.39, 0.29) is 5.75 Å². The van der Waals surface area contributed by atoms with Crippen molar-refractivity contribution in [3.63, 3.8) is 0 Å². The van der Waals surface area contributed by atoms with Gasteiger partial charge in [0.05, 0.1) is 18.0 Å². The predicted octanol–water partition coefficient (Wildman–Crippen LogP) is 2.88. The zero-order chi connectivity index (χ0) is 14.4. The van der Waals surface area contributed by atoms with Crippen molar-refractivity contribution in [1.82, 2.24) is 10.2 Å². The Labute approximate surface area is 123 Å². The zero-order valence-electron chi connectivity index (χ0n) is 12.1. The molecule has 0 radical (unpaired) electrons. The molecule has 1 fully saturated rings. The van der Waals surface area contributed by atoms with Crippen molar-refractivity contribution in [1.29, 1.82) is 0 Å². The number of H-pyrrole nitrogens is 1. The maximum Gasteiger partial charge on any atom is 0.161 e. The molecule has 3 aliphatic heterocycles. The lowest BCUT2D eigenvalue weighted by molar-refractivity contribution is 0.318. The molecule has 110 valence electrons. The second-order valence-electron chi connectivity index (χ2n) is 5.71. The molecule has 3 aliphatic rings. The van der Waals surface area contributed by atoms with Crippen molar-refractivity contribution in [2.45, 2.75) is 25.7 Å². The quantitative estimate of drug-likeness (QED) is 0.910. The smallest absolute Gasteiger partial charge is 0.161 e. The molecule has 5 nitrogen and oxygen atoms in total. The van der Waals surface area contributed by atoms with Crippen LogP contribution < -0.4 is 9.64 Å². The number of fused-ring (bicyclic) bond motifs is 2. The molecule has 1 aromatic carbocycles. The summed E-state index contributed by atoms with van der Waals surface area (Å²) in [4.78, 5) is 2.42. The second-order valence-corrected chi connectivity index (χ2v) is 5.71. The fraction of sp³-hybridized carbons (Fsp3) is 0.438. The molecule has 2 bridgehead atoms. The van der Waals surface area contributed by atoms with Gasteiger partial charge in [0.2, 0.25) is 0 Å². The highest BCUT2D eigenvalue weighted by Gasteiger charge is 2.35. The highest BCUT2D eigenvalue weighted by atomic mass is 16.5. The van der Waals surface area contributed by atoms with Crippen molar-refractivity contribution < 1.29 is 9.84 Å². The summed E-state index contributed by atoms with van der Waals surface area (Å²) in [5.74, 6) is 1.31. The van der Waals surface area contributed by atoms with E-state index in [1.807, 2.05) is 19.1 Å². The molecular weight excluding hydrogens is 266 g/mol. The van der Waals surface area contributed by atoms with Gasteiger partial charge in [0.15, 0.2) is 11.5 Å². The number of aromatic hydroxyl groups is 1. The van der Waals surface area contributed by atoms with Crippen LogP contribution in [-0.2, 0) is 0 Å². The third-order valence-electron chi connectivity index (χ3n) is 4.52. The fourth-order valence-electron chi connectivity index (χ4n) is 3.48. The number of aromatic nitrogens is 2. The SMILES string of the molecule is CCOc1cc(-c2n[nH]c3c2N2CCC3CC2)ccc1O. The van der Waals surface area contributed by atoms with Gasteiger partial charge in [-0.25, -0.2) is 0 Å². The minimum Gasteiger partial charge on any atom is -0.504 e. The van der Waals surface area contributed by atoms with E-state index in [2.05, 4.69) is 15.1 Å². The summed E-state index contributed by atoms with van der Waals surface area (Å²) in [6.45, 7) is 4.66. The van der Waals surface area contributed by atoms with Gasteiger partial charge >= 0.3 is 0 Å². The Morgan fingerprint density at radius 2 is 2.19 bits per heavy atom. The van der Waals surface area contributed by atoms with Crippen LogP contribution in [0.25, 0.3) is 11.3 Å². The molecule has 0 spiro atoms. The average molecular weight is 285 g/mol. The van der Waals surface area contributed by atoms with Crippen LogP contribution in [-0.4, -0.2) is 35.0 Å². The van der Waals surface area contributed by atoms with Crippen molar-refractivity contribution in [2.75, 3.05) is 24.6 Å². The van der Waals surface area contributed by atoms with E-state index >= 15 is 0 Å². The van der Waals surface area contributed by atoms with E-state index in [1.54, 1.807) is 6.07 Å². The third kappa shape index (κ3) is 1.87. The first-order valence-electron chi connectivity index (χ1n) is 7.57. The molecule has 2 aromatic rings. The topological polar surface area (TPSA) is 61.4 Å². The summed E-state index contributed by atoms with van der Waals surface area (Å²) in [7, 11) is 0. The van der Waals surface area contributed by atoms with Crippen LogP contribution in [0.1, 0.15) is 31.4 Å². The number of nitrogens with one attached hydrogen (secondary N) is 1. The van der Waals surface area contributed by atoms with Gasteiger partial charge in [0, 0.05) is 24.6 Å². The number of anilines is 1. The summed E-state index contributed by atoms with van der Waals surface area (Å²) in [5, 5.41) is 17.6. The van der Waals surface area contributed by atoms with E-state index in [9.17, 15) is 5.11 Å². The number of hydrogen-bond donors (Lipinski definition) is 2. The van der Waals surface area contributed by atoms with E-state index in [4.69, 9.17) is 4.74 Å². The summed E-state index contributed by atoms with van der Waals surface area (Å²) in [5.41, 5.74) is 4.47. The third-order valence-corrected chi connectivity index (χ3v) is 4.52. The molecule has 0 unspecified atom stereocenters. The first kappa shape index (κ1) is 12.6. The van der Waals surface area contributed by atoms with Crippen LogP contribution in [0.3, 0.4) is 0 Å². The van der Waals surface area contributed by atoms with Crippen LogP contribution in [0.5, 0.6) is 11.5 Å². The normalized spacial score (nSPS) is 17.1. The first-order valence-corrected chi connectivity index (χ1v) is 7.57. The first-order chi connectivity index (χ1) is 10.3. The number of phenolic OH excluding ortho intramolecular Hbond substituents is 1. The predicted molar refractivity (Wildman–Crippen MR) is 81.0 cm³/mol. The summed E-state index contributed by atoms with van der Waals surface area (Å²) in [6.07, 6.45) is 2.43. The largest absolute Gasteiger partial charge is 0.504 e. The molecule has 2 N–H and O–H groups in total. The lowest BCUT2D eigenvalue weighted by Gasteiger charge is -2.40. The van der Waals surface area contributed by atoms with E-state index < -0.39 is 0 Å². The molecule has 4 heterocycles. The standard InChI is InChI=1S/C16H19N3O2/c1-2-21-13-9-11(3-4-12(13)20)15-16-14(17-18-15)10-5-7-19(16)8-6-10/h3-4,9-10,20H,2,5-8H2,1H3,(H,17,18). The summed E-state index contributed by atoms with van der Waals surface area (Å²) in [6, 6.07) is 5.45. The Hall–Kier alpha value is -2.17. The van der Waals surface area contributed by atoms with Crippen molar-refractivity contribution in [3.8, 4) is 22.8 Å². The highest BCUT2D eigenvalue weighted by Crippen LogP contribution is 2.46. The van der Waals surface area contributed by atoms with Gasteiger partial charge in [0.1, 0.15) is 5.69 Å². The molecule has 21 heavy (non-hydrogen) atoms. The van der Waals surface area contributed by atoms with Crippen LogP contribution in [0.4, 0.5) is 5.69 Å². The molecule has 0 aliphatic carbocycles. The van der Waals surface area contributed by atoms with Gasteiger partial charge in [-0.3, -0.25) is 5.10 Å². The van der Waals surface area contributed by atoms with Crippen LogP contribution >= 0.6 is 0 Å². The summed E-state index contributed by atoms with van der Waals surface area (Å²) < 4.78 is 5.48. The number of rotatable bonds is 3. The minimum atomic E-state index is 0.173.